The first-order valence-corrected chi connectivity index (χ1v) is 18.8. The number of urea groups is 1. The molecule has 1 saturated carbocycles. The number of hydrogen-bond donors (Lipinski definition) is 3. The van der Waals surface area contributed by atoms with E-state index in [9.17, 15) is 19.8 Å². The Morgan fingerprint density at radius 3 is 2.56 bits per heavy atom. The molecule has 1 aromatic heterocycles. The number of carbonyl (C=O) groups is 2. The van der Waals surface area contributed by atoms with Crippen molar-refractivity contribution in [1.82, 2.24) is 4.90 Å². The first-order chi connectivity index (χ1) is 24.0. The molecule has 0 aliphatic heterocycles. The smallest absolute Gasteiger partial charge is 0.321 e. The number of carbonyl (C=O) groups excluding carboxylic acids is 2. The van der Waals surface area contributed by atoms with E-state index >= 15 is 0 Å². The molecule has 7 rings (SSSR count). The van der Waals surface area contributed by atoms with Gasteiger partial charge in [-0.2, -0.15) is 0 Å². The van der Waals surface area contributed by atoms with Crippen molar-refractivity contribution in [1.29, 1.82) is 0 Å². The highest BCUT2D eigenvalue weighted by Gasteiger charge is 2.57. The van der Waals surface area contributed by atoms with Crippen molar-refractivity contribution in [2.24, 2.45) is 5.41 Å². The SMILES string of the molecule is CCCN(C[C@]1(O)CC[C@H]2c3ccc(cc3C(=O)c3cc4ccccc4s3)C[C@@H](O)CCC(C)=CCC[C@@]21C)C(=O)Nc1ccc(OC)cc1. The fourth-order valence-electron chi connectivity index (χ4n) is 8.14. The van der Waals surface area contributed by atoms with Gasteiger partial charge >= 0.3 is 6.03 Å². The maximum Gasteiger partial charge on any atom is 0.321 e. The number of ether oxygens (including phenoxy) is 1. The van der Waals surface area contributed by atoms with Crippen LogP contribution in [0.4, 0.5) is 10.5 Å². The molecular formula is C42H50N2O5S. The Labute approximate surface area is 300 Å². The van der Waals surface area contributed by atoms with E-state index in [1.165, 1.54) is 16.9 Å². The zero-order valence-corrected chi connectivity index (χ0v) is 30.5. The Bertz CT molecular complexity index is 1830. The normalized spacial score (nSPS) is 23.9. The van der Waals surface area contributed by atoms with Crippen LogP contribution in [0.1, 0.15) is 98.0 Å². The summed E-state index contributed by atoms with van der Waals surface area (Å²) in [6.07, 6.45) is 7.01. The second-order valence-corrected chi connectivity index (χ2v) is 15.6. The molecule has 4 aromatic rings. The monoisotopic (exact) mass is 694 g/mol. The summed E-state index contributed by atoms with van der Waals surface area (Å²) in [5, 5.41) is 27.9. The molecule has 2 bridgehead atoms. The predicted molar refractivity (Wildman–Crippen MR) is 203 cm³/mol. The van der Waals surface area contributed by atoms with E-state index in [1.807, 2.05) is 67.6 Å². The Morgan fingerprint density at radius 1 is 1.04 bits per heavy atom. The number of anilines is 1. The average molecular weight is 695 g/mol. The van der Waals surface area contributed by atoms with Crippen molar-refractivity contribution in [2.45, 2.75) is 89.8 Å². The van der Waals surface area contributed by atoms with Gasteiger partial charge in [0.05, 0.1) is 30.2 Å². The summed E-state index contributed by atoms with van der Waals surface area (Å²) in [4.78, 5) is 30.7. The van der Waals surface area contributed by atoms with E-state index in [1.54, 1.807) is 12.0 Å². The number of rotatable bonds is 8. The molecule has 3 aromatic carbocycles. The number of nitrogens with one attached hydrogen (secondary N) is 1. The summed E-state index contributed by atoms with van der Waals surface area (Å²) in [6, 6.07) is 23.1. The number of amides is 2. The summed E-state index contributed by atoms with van der Waals surface area (Å²) in [7, 11) is 1.61. The van der Waals surface area contributed by atoms with Gasteiger partial charge in [-0.15, -0.1) is 11.3 Å². The van der Waals surface area contributed by atoms with E-state index in [2.05, 4.69) is 37.4 Å². The lowest BCUT2D eigenvalue weighted by atomic mass is 9.64. The molecule has 3 N–H and O–H groups in total. The number of methoxy groups -OCH3 is 1. The van der Waals surface area contributed by atoms with E-state index in [4.69, 9.17) is 4.74 Å². The second-order valence-electron chi connectivity index (χ2n) is 14.5. The Kier molecular flexibility index (Phi) is 10.8. The zero-order chi connectivity index (χ0) is 35.5. The highest BCUT2D eigenvalue weighted by atomic mass is 32.1. The maximum atomic E-state index is 14.5. The molecule has 4 atom stereocenters. The third kappa shape index (κ3) is 7.39. The molecule has 1 fully saturated rings. The lowest BCUT2D eigenvalue weighted by molar-refractivity contribution is -0.0763. The molecule has 7 nitrogen and oxygen atoms in total. The standard InChI is InChI=1S/C42H50N2O5S/c1-5-23-44(40(47)43-31-14-17-33(49-4)18-15-31)27-42(48)22-20-36-34-19-13-29(24-32(45)16-12-28(2)9-8-21-41(36,42)3)25-35(34)39(46)38-26-30-10-6-7-11-37(30)50-38/h6-7,9-11,13-15,17-19,25-26,32,36,45,48H,5,8,12,16,20-24,27H2,1-4H3,(H,43,47)/t32-,36-,41-,42+/m0/s1. The van der Waals surface area contributed by atoms with Crippen LogP contribution in [0.25, 0.3) is 10.1 Å². The zero-order valence-electron chi connectivity index (χ0n) is 29.7. The highest BCUT2D eigenvalue weighted by Crippen LogP contribution is 2.59. The number of ketones is 1. The Morgan fingerprint density at radius 2 is 1.82 bits per heavy atom. The highest BCUT2D eigenvalue weighted by molar-refractivity contribution is 7.21. The number of thiophene rings is 1. The lowest BCUT2D eigenvalue weighted by Gasteiger charge is -2.46. The topological polar surface area (TPSA) is 99.1 Å². The molecule has 50 heavy (non-hydrogen) atoms. The van der Waals surface area contributed by atoms with E-state index in [0.29, 0.717) is 60.5 Å². The van der Waals surface area contributed by atoms with Crippen LogP contribution in [0.2, 0.25) is 0 Å². The Hall–Kier alpha value is -3.98. The first kappa shape index (κ1) is 35.8. The van der Waals surface area contributed by atoms with Crippen molar-refractivity contribution < 1.29 is 24.5 Å². The van der Waals surface area contributed by atoms with E-state index in [-0.39, 0.29) is 24.3 Å². The van der Waals surface area contributed by atoms with Gasteiger partial charge < -0.3 is 25.2 Å². The van der Waals surface area contributed by atoms with Gasteiger partial charge in [-0.1, -0.05) is 55.8 Å². The van der Waals surface area contributed by atoms with Gasteiger partial charge in [-0.05, 0) is 123 Å². The fraction of sp³-hybridized carbons (Fsp3) is 0.429. The minimum Gasteiger partial charge on any atom is -0.497 e. The van der Waals surface area contributed by atoms with Gasteiger partial charge in [0, 0.05) is 27.9 Å². The van der Waals surface area contributed by atoms with Crippen molar-refractivity contribution in [3.05, 3.63) is 106 Å². The number of fused-ring (bicyclic) bond motifs is 9. The number of allylic oxidation sites excluding steroid dienone is 2. The second kappa shape index (κ2) is 15.1. The van der Waals surface area contributed by atoms with Crippen molar-refractivity contribution in [3.63, 3.8) is 0 Å². The Balaban J connectivity index is 1.39. The van der Waals surface area contributed by atoms with Crippen LogP contribution in [0.3, 0.4) is 0 Å². The molecule has 3 aliphatic carbocycles. The van der Waals surface area contributed by atoms with Crippen molar-refractivity contribution in [3.8, 4) is 5.75 Å². The molecular weight excluding hydrogens is 645 g/mol. The molecule has 8 heteroatoms. The third-order valence-corrected chi connectivity index (χ3v) is 12.3. The molecule has 0 radical (unpaired) electrons. The molecule has 1 heterocycles. The summed E-state index contributed by atoms with van der Waals surface area (Å²) in [5.41, 5.74) is 2.56. The number of aliphatic hydroxyl groups is 2. The predicted octanol–water partition coefficient (Wildman–Crippen LogP) is 9.12. The van der Waals surface area contributed by atoms with Gasteiger partial charge in [0.2, 0.25) is 5.78 Å². The van der Waals surface area contributed by atoms with E-state index < -0.39 is 17.1 Å². The fourth-order valence-corrected chi connectivity index (χ4v) is 9.15. The van der Waals surface area contributed by atoms with Gasteiger partial charge in [-0.3, -0.25) is 4.79 Å². The largest absolute Gasteiger partial charge is 0.497 e. The van der Waals surface area contributed by atoms with Crippen LogP contribution in [0.15, 0.2) is 84.4 Å². The molecule has 2 amide bonds. The van der Waals surface area contributed by atoms with Crippen LogP contribution in [-0.2, 0) is 6.42 Å². The summed E-state index contributed by atoms with van der Waals surface area (Å²) in [5.74, 6) is 0.564. The number of benzene rings is 3. The van der Waals surface area contributed by atoms with Crippen LogP contribution >= 0.6 is 11.3 Å². The van der Waals surface area contributed by atoms with Crippen LogP contribution in [-0.4, -0.2) is 58.8 Å². The summed E-state index contributed by atoms with van der Waals surface area (Å²) < 4.78 is 6.34. The minimum atomic E-state index is -1.20. The first-order valence-electron chi connectivity index (χ1n) is 18.0. The lowest BCUT2D eigenvalue weighted by Crippen LogP contribution is -2.54. The number of nitrogens with zero attached hydrogens (tertiary/aromatic N) is 1. The number of hydrogen-bond acceptors (Lipinski definition) is 6. The van der Waals surface area contributed by atoms with Crippen LogP contribution in [0, 0.1) is 5.41 Å². The van der Waals surface area contributed by atoms with Gasteiger partial charge in [-0.25, -0.2) is 4.79 Å². The summed E-state index contributed by atoms with van der Waals surface area (Å²) >= 11 is 1.50. The molecule has 0 spiro atoms. The third-order valence-electron chi connectivity index (χ3n) is 11.1. The van der Waals surface area contributed by atoms with Crippen molar-refractivity contribution >= 4 is 38.9 Å². The minimum absolute atomic E-state index is 0.0235. The quantitative estimate of drug-likeness (QED) is 0.126. The van der Waals surface area contributed by atoms with Gasteiger partial charge in [0.25, 0.3) is 0 Å². The molecule has 0 saturated heterocycles. The number of aliphatic hydroxyl groups excluding tert-OH is 1. The van der Waals surface area contributed by atoms with Gasteiger partial charge in [0.15, 0.2) is 0 Å². The molecule has 0 unspecified atom stereocenters. The molecule has 264 valence electrons. The average Bonchev–Trinajstić information content (AvgIpc) is 3.65. The van der Waals surface area contributed by atoms with Gasteiger partial charge in [0.1, 0.15) is 5.75 Å². The van der Waals surface area contributed by atoms with Crippen LogP contribution in [0.5, 0.6) is 5.75 Å². The van der Waals surface area contributed by atoms with E-state index in [0.717, 1.165) is 40.5 Å². The summed E-state index contributed by atoms with van der Waals surface area (Å²) in [6.45, 7) is 6.99. The van der Waals surface area contributed by atoms with Crippen LogP contribution < -0.4 is 10.1 Å². The molecule has 3 aliphatic rings. The van der Waals surface area contributed by atoms with Crippen molar-refractivity contribution in [2.75, 3.05) is 25.5 Å². The maximum absolute atomic E-state index is 14.5.